The van der Waals surface area contributed by atoms with Crippen LogP contribution in [0.1, 0.15) is 23.0 Å². The SMILES string of the molecule is CC(O)CN(C)Cc1occc1C(=O)O. The molecule has 5 nitrogen and oxygen atoms in total. The van der Waals surface area contributed by atoms with Gasteiger partial charge in [-0.1, -0.05) is 0 Å². The predicted molar refractivity (Wildman–Crippen MR) is 53.7 cm³/mol. The highest BCUT2D eigenvalue weighted by atomic mass is 16.4. The maximum Gasteiger partial charge on any atom is 0.339 e. The summed E-state index contributed by atoms with van der Waals surface area (Å²) in [5.74, 6) is -0.588. The van der Waals surface area contributed by atoms with Crippen LogP contribution in [0.25, 0.3) is 0 Å². The minimum Gasteiger partial charge on any atom is -0.478 e. The second-order valence-electron chi connectivity index (χ2n) is 3.61. The Morgan fingerprint density at radius 2 is 2.33 bits per heavy atom. The molecule has 0 fully saturated rings. The van der Waals surface area contributed by atoms with Gasteiger partial charge in [0.2, 0.25) is 0 Å². The first-order valence-electron chi connectivity index (χ1n) is 4.67. The predicted octanol–water partition coefficient (Wildman–Crippen LogP) is 0.790. The molecule has 84 valence electrons. The lowest BCUT2D eigenvalue weighted by Gasteiger charge is -2.16. The van der Waals surface area contributed by atoms with Gasteiger partial charge in [0.05, 0.1) is 18.9 Å². The van der Waals surface area contributed by atoms with E-state index in [1.807, 2.05) is 0 Å². The molecule has 0 aromatic carbocycles. The second-order valence-corrected chi connectivity index (χ2v) is 3.61. The van der Waals surface area contributed by atoms with Crippen LogP contribution in [-0.2, 0) is 6.54 Å². The topological polar surface area (TPSA) is 73.9 Å². The molecule has 5 heteroatoms. The summed E-state index contributed by atoms with van der Waals surface area (Å²) in [6.45, 7) is 2.52. The van der Waals surface area contributed by atoms with Crippen molar-refractivity contribution in [3.8, 4) is 0 Å². The molecule has 0 saturated carbocycles. The highest BCUT2D eigenvalue weighted by Crippen LogP contribution is 2.12. The minimum absolute atomic E-state index is 0.174. The van der Waals surface area contributed by atoms with Crippen LogP contribution in [0.2, 0.25) is 0 Å². The zero-order chi connectivity index (χ0) is 11.4. The minimum atomic E-state index is -0.996. The fraction of sp³-hybridized carbons (Fsp3) is 0.500. The van der Waals surface area contributed by atoms with Gasteiger partial charge in [-0.25, -0.2) is 4.79 Å². The van der Waals surface area contributed by atoms with Gasteiger partial charge in [0.1, 0.15) is 11.3 Å². The number of carboxylic acids is 1. The maximum atomic E-state index is 10.8. The fourth-order valence-electron chi connectivity index (χ4n) is 1.41. The number of likely N-dealkylation sites (N-methyl/N-ethyl adjacent to an activating group) is 1. The number of hydrogen-bond acceptors (Lipinski definition) is 4. The Kier molecular flexibility index (Phi) is 3.88. The van der Waals surface area contributed by atoms with E-state index in [-0.39, 0.29) is 5.56 Å². The third-order valence-electron chi connectivity index (χ3n) is 1.97. The monoisotopic (exact) mass is 213 g/mol. The Morgan fingerprint density at radius 1 is 1.67 bits per heavy atom. The Hall–Kier alpha value is -1.33. The van der Waals surface area contributed by atoms with Crippen molar-refractivity contribution >= 4 is 5.97 Å². The van der Waals surface area contributed by atoms with Gasteiger partial charge in [0.15, 0.2) is 0 Å². The molecule has 0 bridgehead atoms. The van der Waals surface area contributed by atoms with Crippen molar-refractivity contribution in [2.24, 2.45) is 0 Å². The number of carbonyl (C=O) groups is 1. The molecular formula is C10H15NO4. The molecule has 0 aliphatic carbocycles. The third kappa shape index (κ3) is 3.38. The summed E-state index contributed by atoms with van der Waals surface area (Å²) in [5, 5.41) is 18.0. The van der Waals surface area contributed by atoms with E-state index in [1.54, 1.807) is 18.9 Å². The van der Waals surface area contributed by atoms with E-state index in [0.717, 1.165) is 0 Å². The van der Waals surface area contributed by atoms with E-state index in [0.29, 0.717) is 18.8 Å². The van der Waals surface area contributed by atoms with Crippen molar-refractivity contribution in [3.05, 3.63) is 23.7 Å². The molecular weight excluding hydrogens is 198 g/mol. The fourth-order valence-corrected chi connectivity index (χ4v) is 1.41. The molecule has 1 atom stereocenters. The summed E-state index contributed by atoms with van der Waals surface area (Å²) in [5.41, 5.74) is 0.174. The molecule has 15 heavy (non-hydrogen) atoms. The normalized spacial score (nSPS) is 13.1. The van der Waals surface area contributed by atoms with Crippen LogP contribution in [0.15, 0.2) is 16.7 Å². The lowest BCUT2D eigenvalue weighted by Crippen LogP contribution is -2.27. The quantitative estimate of drug-likeness (QED) is 0.756. The Bertz CT molecular complexity index is 332. The van der Waals surface area contributed by atoms with E-state index in [2.05, 4.69) is 0 Å². The van der Waals surface area contributed by atoms with Crippen molar-refractivity contribution in [1.29, 1.82) is 0 Å². The van der Waals surface area contributed by atoms with Crippen molar-refractivity contribution in [2.45, 2.75) is 19.6 Å². The molecule has 0 spiro atoms. The first kappa shape index (κ1) is 11.7. The largest absolute Gasteiger partial charge is 0.478 e. The molecule has 0 saturated heterocycles. The van der Waals surface area contributed by atoms with E-state index in [1.165, 1.54) is 12.3 Å². The molecule has 1 heterocycles. The van der Waals surface area contributed by atoms with Crippen LogP contribution in [0.5, 0.6) is 0 Å². The molecule has 0 aliphatic heterocycles. The smallest absolute Gasteiger partial charge is 0.339 e. The molecule has 2 N–H and O–H groups in total. The number of furan rings is 1. The van der Waals surface area contributed by atoms with Crippen LogP contribution >= 0.6 is 0 Å². The van der Waals surface area contributed by atoms with Crippen molar-refractivity contribution in [3.63, 3.8) is 0 Å². The Labute approximate surface area is 87.9 Å². The molecule has 1 aromatic rings. The average molecular weight is 213 g/mol. The first-order valence-corrected chi connectivity index (χ1v) is 4.67. The van der Waals surface area contributed by atoms with Crippen LogP contribution < -0.4 is 0 Å². The summed E-state index contributed by atoms with van der Waals surface area (Å²) in [7, 11) is 1.79. The number of rotatable bonds is 5. The highest BCUT2D eigenvalue weighted by Gasteiger charge is 2.15. The number of aromatic carboxylic acids is 1. The highest BCUT2D eigenvalue weighted by molar-refractivity contribution is 5.88. The standard InChI is InChI=1S/C10H15NO4/c1-7(12)5-11(2)6-9-8(10(13)14)3-4-15-9/h3-4,7,12H,5-6H2,1-2H3,(H,13,14). The summed E-state index contributed by atoms with van der Waals surface area (Å²) < 4.78 is 5.07. The zero-order valence-electron chi connectivity index (χ0n) is 8.80. The van der Waals surface area contributed by atoms with Gasteiger partial charge in [0, 0.05) is 6.54 Å². The van der Waals surface area contributed by atoms with Crippen LogP contribution in [0.4, 0.5) is 0 Å². The zero-order valence-corrected chi connectivity index (χ0v) is 8.80. The van der Waals surface area contributed by atoms with Gasteiger partial charge in [0.25, 0.3) is 0 Å². The van der Waals surface area contributed by atoms with Gasteiger partial charge in [-0.2, -0.15) is 0 Å². The number of hydrogen-bond donors (Lipinski definition) is 2. The summed E-state index contributed by atoms with van der Waals surface area (Å²) in [4.78, 5) is 12.6. The summed E-state index contributed by atoms with van der Waals surface area (Å²) >= 11 is 0. The second kappa shape index (κ2) is 4.95. The average Bonchev–Trinajstić information content (AvgIpc) is 2.50. The van der Waals surface area contributed by atoms with Crippen LogP contribution in [-0.4, -0.2) is 40.8 Å². The van der Waals surface area contributed by atoms with Crippen LogP contribution in [0.3, 0.4) is 0 Å². The van der Waals surface area contributed by atoms with Crippen LogP contribution in [0, 0.1) is 0 Å². The van der Waals surface area contributed by atoms with Crippen molar-refractivity contribution in [1.82, 2.24) is 4.90 Å². The number of aliphatic hydroxyl groups excluding tert-OH is 1. The Morgan fingerprint density at radius 3 is 2.87 bits per heavy atom. The molecule has 1 unspecified atom stereocenters. The number of nitrogens with zero attached hydrogens (tertiary/aromatic N) is 1. The lowest BCUT2D eigenvalue weighted by molar-refractivity contribution is 0.0692. The van der Waals surface area contributed by atoms with Gasteiger partial charge in [-0.05, 0) is 20.0 Å². The van der Waals surface area contributed by atoms with Gasteiger partial charge >= 0.3 is 5.97 Å². The van der Waals surface area contributed by atoms with Crippen molar-refractivity contribution in [2.75, 3.05) is 13.6 Å². The molecule has 0 amide bonds. The third-order valence-corrected chi connectivity index (χ3v) is 1.97. The summed E-state index contributed by atoms with van der Waals surface area (Å²) in [6, 6.07) is 1.42. The molecule has 1 aromatic heterocycles. The van der Waals surface area contributed by atoms with E-state index in [4.69, 9.17) is 14.6 Å². The van der Waals surface area contributed by atoms with E-state index in [9.17, 15) is 4.79 Å². The van der Waals surface area contributed by atoms with Crippen molar-refractivity contribution < 1.29 is 19.4 Å². The number of carboxylic acid groups (broad SMARTS) is 1. The lowest BCUT2D eigenvalue weighted by atomic mass is 10.2. The molecule has 0 radical (unpaired) electrons. The maximum absolute atomic E-state index is 10.8. The van der Waals surface area contributed by atoms with Gasteiger partial charge < -0.3 is 14.6 Å². The Balaban J connectivity index is 2.64. The molecule has 1 rings (SSSR count). The van der Waals surface area contributed by atoms with Gasteiger partial charge in [-0.3, -0.25) is 4.90 Å². The van der Waals surface area contributed by atoms with E-state index < -0.39 is 12.1 Å². The number of aliphatic hydroxyl groups is 1. The van der Waals surface area contributed by atoms with E-state index >= 15 is 0 Å². The summed E-state index contributed by atoms with van der Waals surface area (Å²) in [6.07, 6.45) is 0.910. The molecule has 0 aliphatic rings. The van der Waals surface area contributed by atoms with Gasteiger partial charge in [-0.15, -0.1) is 0 Å². The first-order chi connectivity index (χ1) is 7.00.